The molecule has 0 aromatic heterocycles. The van der Waals surface area contributed by atoms with Crippen molar-refractivity contribution in [3.63, 3.8) is 0 Å². The van der Waals surface area contributed by atoms with Crippen molar-refractivity contribution in [3.05, 3.63) is 59.7 Å². The summed E-state index contributed by atoms with van der Waals surface area (Å²) in [6.07, 6.45) is 2.82. The van der Waals surface area contributed by atoms with Crippen molar-refractivity contribution in [2.24, 2.45) is 5.92 Å². The van der Waals surface area contributed by atoms with Crippen LogP contribution in [0.1, 0.15) is 30.9 Å². The third-order valence-electron chi connectivity index (χ3n) is 4.48. The van der Waals surface area contributed by atoms with Crippen molar-refractivity contribution in [2.75, 3.05) is 0 Å². The van der Waals surface area contributed by atoms with Crippen molar-refractivity contribution in [2.45, 2.75) is 32.6 Å². The van der Waals surface area contributed by atoms with E-state index in [1.807, 2.05) is 0 Å². The lowest BCUT2D eigenvalue weighted by atomic mass is 9.90. The Morgan fingerprint density at radius 1 is 0.913 bits per heavy atom. The molecule has 1 aliphatic rings. The number of carbonyl (C=O) groups excluding carboxylic acids is 2. The third-order valence-corrected chi connectivity index (χ3v) is 4.48. The Morgan fingerprint density at radius 3 is 2.00 bits per heavy atom. The van der Waals surface area contributed by atoms with Crippen LogP contribution in [0.2, 0.25) is 0 Å². The number of aryl methyl sites for hydroxylation is 1. The molecule has 1 aliphatic heterocycles. The van der Waals surface area contributed by atoms with E-state index in [-0.39, 0.29) is 17.7 Å². The minimum absolute atomic E-state index is 0.0950. The highest BCUT2D eigenvalue weighted by Crippen LogP contribution is 2.23. The average Bonchev–Trinajstić information content (AvgIpc) is 2.58. The molecule has 1 N–H and O–H groups in total. The Morgan fingerprint density at radius 2 is 1.48 bits per heavy atom. The largest absolute Gasteiger partial charge is 0.296 e. The van der Waals surface area contributed by atoms with Crippen LogP contribution in [0.25, 0.3) is 11.1 Å². The quantitative estimate of drug-likeness (QED) is 0.879. The SMILES string of the molecule is CCc1ccc(-c2ccc(CC3CCC(=O)NC3=O)cc2)cc1. The number of nitrogens with one attached hydrogen (secondary N) is 1. The van der Waals surface area contributed by atoms with Crippen molar-refractivity contribution in [1.29, 1.82) is 0 Å². The van der Waals surface area contributed by atoms with Crippen LogP contribution >= 0.6 is 0 Å². The minimum Gasteiger partial charge on any atom is -0.296 e. The molecular formula is C20H21NO2. The molecule has 3 rings (SSSR count). The lowest BCUT2D eigenvalue weighted by molar-refractivity contribution is -0.136. The van der Waals surface area contributed by atoms with Crippen LogP contribution in [0.3, 0.4) is 0 Å². The van der Waals surface area contributed by atoms with Crippen LogP contribution in [0.4, 0.5) is 0 Å². The van der Waals surface area contributed by atoms with Crippen molar-refractivity contribution >= 4 is 11.8 Å². The Hall–Kier alpha value is -2.42. The molecule has 0 radical (unpaired) electrons. The van der Waals surface area contributed by atoms with Gasteiger partial charge >= 0.3 is 0 Å². The topological polar surface area (TPSA) is 46.2 Å². The second-order valence-corrected chi connectivity index (χ2v) is 6.10. The highest BCUT2D eigenvalue weighted by atomic mass is 16.2. The molecule has 3 heteroatoms. The molecule has 1 atom stereocenters. The molecule has 1 heterocycles. The van der Waals surface area contributed by atoms with E-state index in [1.165, 1.54) is 16.7 Å². The molecule has 0 spiro atoms. The summed E-state index contributed by atoms with van der Waals surface area (Å²) >= 11 is 0. The lowest BCUT2D eigenvalue weighted by Crippen LogP contribution is -2.41. The Balaban J connectivity index is 1.69. The average molecular weight is 307 g/mol. The van der Waals surface area contributed by atoms with Gasteiger partial charge in [-0.05, 0) is 41.5 Å². The number of hydrogen-bond acceptors (Lipinski definition) is 2. The van der Waals surface area contributed by atoms with Gasteiger partial charge in [-0.25, -0.2) is 0 Å². The van der Waals surface area contributed by atoms with Crippen LogP contribution in [-0.4, -0.2) is 11.8 Å². The standard InChI is InChI=1S/C20H21NO2/c1-2-14-3-7-16(8-4-14)17-9-5-15(6-10-17)13-18-11-12-19(22)21-20(18)23/h3-10,18H,2,11-13H2,1H3,(H,21,22,23). The van der Waals surface area contributed by atoms with E-state index >= 15 is 0 Å². The molecule has 0 bridgehead atoms. The van der Waals surface area contributed by atoms with Gasteiger partial charge in [-0.1, -0.05) is 55.5 Å². The number of imide groups is 1. The molecular weight excluding hydrogens is 286 g/mol. The third kappa shape index (κ3) is 3.67. The number of piperidine rings is 1. The molecule has 0 aliphatic carbocycles. The predicted octanol–water partition coefficient (Wildman–Crippen LogP) is 3.51. The van der Waals surface area contributed by atoms with Crippen molar-refractivity contribution in [3.8, 4) is 11.1 Å². The maximum atomic E-state index is 11.8. The summed E-state index contributed by atoms with van der Waals surface area (Å²) in [4.78, 5) is 23.0. The van der Waals surface area contributed by atoms with E-state index in [2.05, 4.69) is 60.8 Å². The van der Waals surface area contributed by atoms with Gasteiger partial charge in [0.05, 0.1) is 0 Å². The first-order valence-corrected chi connectivity index (χ1v) is 8.17. The number of carbonyl (C=O) groups is 2. The van der Waals surface area contributed by atoms with Gasteiger partial charge in [0, 0.05) is 12.3 Å². The normalized spacial score (nSPS) is 17.9. The van der Waals surface area contributed by atoms with E-state index in [0.29, 0.717) is 19.3 Å². The first-order valence-electron chi connectivity index (χ1n) is 8.17. The zero-order chi connectivity index (χ0) is 16.2. The first kappa shape index (κ1) is 15.5. The maximum Gasteiger partial charge on any atom is 0.230 e. The van der Waals surface area contributed by atoms with E-state index in [4.69, 9.17) is 0 Å². The summed E-state index contributed by atoms with van der Waals surface area (Å²) in [6, 6.07) is 17.0. The van der Waals surface area contributed by atoms with Gasteiger partial charge < -0.3 is 0 Å². The number of hydrogen-bond donors (Lipinski definition) is 1. The Bertz CT molecular complexity index is 701. The fraction of sp³-hybridized carbons (Fsp3) is 0.300. The maximum absolute atomic E-state index is 11.8. The van der Waals surface area contributed by atoms with Gasteiger partial charge in [-0.2, -0.15) is 0 Å². The summed E-state index contributed by atoms with van der Waals surface area (Å²) < 4.78 is 0. The van der Waals surface area contributed by atoms with Gasteiger partial charge in [0.25, 0.3) is 0 Å². The molecule has 118 valence electrons. The smallest absolute Gasteiger partial charge is 0.230 e. The second-order valence-electron chi connectivity index (χ2n) is 6.10. The fourth-order valence-corrected chi connectivity index (χ4v) is 2.98. The highest BCUT2D eigenvalue weighted by molar-refractivity contribution is 5.98. The molecule has 1 fully saturated rings. The zero-order valence-corrected chi connectivity index (χ0v) is 13.3. The van der Waals surface area contributed by atoms with E-state index in [0.717, 1.165) is 12.0 Å². The van der Waals surface area contributed by atoms with E-state index in [9.17, 15) is 9.59 Å². The first-order chi connectivity index (χ1) is 11.2. The molecule has 3 nitrogen and oxygen atoms in total. The molecule has 2 aromatic carbocycles. The van der Waals surface area contributed by atoms with E-state index in [1.54, 1.807) is 0 Å². The number of amides is 2. The monoisotopic (exact) mass is 307 g/mol. The van der Waals surface area contributed by atoms with Gasteiger partial charge in [0.15, 0.2) is 0 Å². The Labute approximate surface area is 136 Å². The summed E-state index contributed by atoms with van der Waals surface area (Å²) in [7, 11) is 0. The molecule has 1 saturated heterocycles. The van der Waals surface area contributed by atoms with Gasteiger partial charge in [-0.15, -0.1) is 0 Å². The number of rotatable bonds is 4. The van der Waals surface area contributed by atoms with Crippen molar-refractivity contribution in [1.82, 2.24) is 5.32 Å². The van der Waals surface area contributed by atoms with Gasteiger partial charge in [0.2, 0.25) is 11.8 Å². The fourth-order valence-electron chi connectivity index (χ4n) is 2.98. The van der Waals surface area contributed by atoms with Crippen LogP contribution in [0.5, 0.6) is 0 Å². The van der Waals surface area contributed by atoms with Crippen LogP contribution in [0, 0.1) is 5.92 Å². The molecule has 23 heavy (non-hydrogen) atoms. The number of benzene rings is 2. The summed E-state index contributed by atoms with van der Waals surface area (Å²) in [5.74, 6) is -0.389. The lowest BCUT2D eigenvalue weighted by Gasteiger charge is -2.20. The predicted molar refractivity (Wildman–Crippen MR) is 90.8 cm³/mol. The molecule has 2 aromatic rings. The summed E-state index contributed by atoms with van der Waals surface area (Å²) in [5, 5.41) is 2.42. The Kier molecular flexibility index (Phi) is 4.56. The van der Waals surface area contributed by atoms with E-state index < -0.39 is 0 Å². The highest BCUT2D eigenvalue weighted by Gasteiger charge is 2.26. The molecule has 0 saturated carbocycles. The van der Waals surface area contributed by atoms with Gasteiger partial charge in [0.1, 0.15) is 0 Å². The van der Waals surface area contributed by atoms with Crippen molar-refractivity contribution < 1.29 is 9.59 Å². The zero-order valence-electron chi connectivity index (χ0n) is 13.3. The molecule has 1 unspecified atom stereocenters. The summed E-state index contributed by atoms with van der Waals surface area (Å²) in [5.41, 5.74) is 4.85. The second kappa shape index (κ2) is 6.78. The van der Waals surface area contributed by atoms with Gasteiger partial charge in [-0.3, -0.25) is 14.9 Å². The molecule has 2 amide bonds. The summed E-state index contributed by atoms with van der Waals surface area (Å²) in [6.45, 7) is 2.15. The van der Waals surface area contributed by atoms with Crippen LogP contribution in [0.15, 0.2) is 48.5 Å². The minimum atomic E-state index is -0.155. The van der Waals surface area contributed by atoms with Crippen LogP contribution in [-0.2, 0) is 22.4 Å². The van der Waals surface area contributed by atoms with Crippen LogP contribution < -0.4 is 5.32 Å².